The van der Waals surface area contributed by atoms with Crippen LogP contribution in [0.1, 0.15) is 28.0 Å². The molecule has 0 aromatic carbocycles. The molecule has 104 valence electrons. The third-order valence-corrected chi connectivity index (χ3v) is 4.32. The van der Waals surface area contributed by atoms with Gasteiger partial charge in [0.1, 0.15) is 5.76 Å². The van der Waals surface area contributed by atoms with Gasteiger partial charge in [-0.25, -0.2) is 0 Å². The maximum atomic E-state index is 5.43. The molecule has 2 rings (SSSR count). The van der Waals surface area contributed by atoms with Crippen LogP contribution in [0, 0.1) is 6.92 Å². The summed E-state index contributed by atoms with van der Waals surface area (Å²) in [6.45, 7) is 8.25. The molecule has 0 spiro atoms. The Balaban J connectivity index is 2.01. The maximum Gasteiger partial charge on any atom is 0.117 e. The zero-order valence-corrected chi connectivity index (χ0v) is 12.7. The Hall–Kier alpha value is -1.10. The van der Waals surface area contributed by atoms with Crippen LogP contribution in [0.25, 0.3) is 0 Å². The van der Waals surface area contributed by atoms with Gasteiger partial charge in [0.15, 0.2) is 0 Å². The molecule has 3 nitrogen and oxygen atoms in total. The molecule has 0 unspecified atom stereocenters. The van der Waals surface area contributed by atoms with Gasteiger partial charge in [-0.05, 0) is 44.3 Å². The van der Waals surface area contributed by atoms with Crippen molar-refractivity contribution in [3.63, 3.8) is 0 Å². The molecule has 19 heavy (non-hydrogen) atoms. The quantitative estimate of drug-likeness (QED) is 0.841. The minimum Gasteiger partial charge on any atom is -0.468 e. The van der Waals surface area contributed by atoms with Crippen molar-refractivity contribution < 1.29 is 4.42 Å². The number of furan rings is 1. The van der Waals surface area contributed by atoms with Crippen LogP contribution >= 0.6 is 11.3 Å². The van der Waals surface area contributed by atoms with E-state index in [0.717, 1.165) is 31.9 Å². The highest BCUT2D eigenvalue weighted by molar-refractivity contribution is 7.12. The van der Waals surface area contributed by atoms with Crippen molar-refractivity contribution >= 4 is 11.3 Å². The third-order valence-electron chi connectivity index (χ3n) is 3.22. The van der Waals surface area contributed by atoms with Gasteiger partial charge in [-0.3, -0.25) is 4.90 Å². The molecule has 2 aromatic rings. The van der Waals surface area contributed by atoms with Gasteiger partial charge in [-0.15, -0.1) is 11.3 Å². The molecule has 0 radical (unpaired) electrons. The molecular formula is C15H22N2OS. The summed E-state index contributed by atoms with van der Waals surface area (Å²) in [6.07, 6.45) is 1.74. The predicted molar refractivity (Wildman–Crippen MR) is 80.3 cm³/mol. The van der Waals surface area contributed by atoms with Crippen LogP contribution in [0.4, 0.5) is 0 Å². The Labute approximate surface area is 119 Å². The van der Waals surface area contributed by atoms with Crippen LogP contribution in [0.3, 0.4) is 0 Å². The number of thiophene rings is 1. The fourth-order valence-corrected chi connectivity index (χ4v) is 3.21. The molecular weight excluding hydrogens is 256 g/mol. The van der Waals surface area contributed by atoms with E-state index in [-0.39, 0.29) is 0 Å². The molecule has 0 saturated carbocycles. The summed E-state index contributed by atoms with van der Waals surface area (Å²) < 4.78 is 5.43. The van der Waals surface area contributed by atoms with Crippen molar-refractivity contribution in [1.82, 2.24) is 10.2 Å². The summed E-state index contributed by atoms with van der Waals surface area (Å²) in [5.74, 6) is 1.03. The molecule has 0 amide bonds. The largest absolute Gasteiger partial charge is 0.468 e. The van der Waals surface area contributed by atoms with E-state index in [1.165, 1.54) is 15.3 Å². The zero-order chi connectivity index (χ0) is 13.7. The van der Waals surface area contributed by atoms with E-state index in [0.29, 0.717) is 0 Å². The lowest BCUT2D eigenvalue weighted by Crippen LogP contribution is -2.22. The highest BCUT2D eigenvalue weighted by Crippen LogP contribution is 2.23. The smallest absolute Gasteiger partial charge is 0.117 e. The van der Waals surface area contributed by atoms with Crippen molar-refractivity contribution in [2.45, 2.75) is 33.5 Å². The second-order valence-corrected chi connectivity index (χ2v) is 6.05. The average molecular weight is 278 g/mol. The lowest BCUT2D eigenvalue weighted by atomic mass is 10.2. The molecule has 0 aliphatic carbocycles. The molecule has 0 bridgehead atoms. The first kappa shape index (κ1) is 14.3. The van der Waals surface area contributed by atoms with Gasteiger partial charge in [0.05, 0.1) is 12.8 Å². The standard InChI is InChI=1S/C15H22N2OS/c1-4-17(11-14-6-5-7-18-14)10-13-8-15(9-16-3)19-12(13)2/h5-8,16H,4,9-11H2,1-3H3. The van der Waals surface area contributed by atoms with Crippen molar-refractivity contribution in [1.29, 1.82) is 0 Å². The molecule has 2 heterocycles. The van der Waals surface area contributed by atoms with Crippen LogP contribution in [0.5, 0.6) is 0 Å². The summed E-state index contributed by atoms with van der Waals surface area (Å²) in [6, 6.07) is 6.31. The number of aryl methyl sites for hydroxylation is 1. The van der Waals surface area contributed by atoms with E-state index in [4.69, 9.17) is 4.42 Å². The summed E-state index contributed by atoms with van der Waals surface area (Å²) in [4.78, 5) is 5.23. The molecule has 0 aliphatic heterocycles. The minimum absolute atomic E-state index is 0.875. The van der Waals surface area contributed by atoms with Gasteiger partial charge in [-0.2, -0.15) is 0 Å². The van der Waals surface area contributed by atoms with Crippen LogP contribution in [-0.2, 0) is 19.6 Å². The van der Waals surface area contributed by atoms with Crippen molar-refractivity contribution in [3.8, 4) is 0 Å². The molecule has 4 heteroatoms. The summed E-state index contributed by atoms with van der Waals surface area (Å²) in [5, 5.41) is 3.21. The lowest BCUT2D eigenvalue weighted by molar-refractivity contribution is 0.247. The fraction of sp³-hybridized carbons (Fsp3) is 0.467. The average Bonchev–Trinajstić information content (AvgIpc) is 3.00. The van der Waals surface area contributed by atoms with E-state index >= 15 is 0 Å². The van der Waals surface area contributed by atoms with E-state index in [9.17, 15) is 0 Å². The van der Waals surface area contributed by atoms with Gasteiger partial charge in [0.2, 0.25) is 0 Å². The number of nitrogens with zero attached hydrogens (tertiary/aromatic N) is 1. The molecule has 0 fully saturated rings. The highest BCUT2D eigenvalue weighted by atomic mass is 32.1. The van der Waals surface area contributed by atoms with Gasteiger partial charge >= 0.3 is 0 Å². The Kier molecular flexibility index (Phi) is 5.19. The Bertz CT molecular complexity index is 490. The first-order chi connectivity index (χ1) is 9.22. The number of hydrogen-bond acceptors (Lipinski definition) is 4. The first-order valence-corrected chi connectivity index (χ1v) is 7.52. The molecule has 1 N–H and O–H groups in total. The van der Waals surface area contributed by atoms with Gasteiger partial charge < -0.3 is 9.73 Å². The van der Waals surface area contributed by atoms with E-state index in [1.54, 1.807) is 6.26 Å². The topological polar surface area (TPSA) is 28.4 Å². The molecule has 0 saturated heterocycles. The highest BCUT2D eigenvalue weighted by Gasteiger charge is 2.11. The zero-order valence-electron chi connectivity index (χ0n) is 11.9. The predicted octanol–water partition coefficient (Wildman–Crippen LogP) is 3.39. The van der Waals surface area contributed by atoms with Crippen LogP contribution in [-0.4, -0.2) is 18.5 Å². The van der Waals surface area contributed by atoms with E-state index < -0.39 is 0 Å². The molecule has 2 aromatic heterocycles. The first-order valence-electron chi connectivity index (χ1n) is 6.70. The number of hydrogen-bond donors (Lipinski definition) is 1. The van der Waals surface area contributed by atoms with Crippen molar-refractivity contribution in [2.24, 2.45) is 0 Å². The summed E-state index contributed by atoms with van der Waals surface area (Å²) in [5.41, 5.74) is 1.43. The molecule has 0 aliphatic rings. The van der Waals surface area contributed by atoms with Gasteiger partial charge in [0.25, 0.3) is 0 Å². The third kappa shape index (κ3) is 3.93. The van der Waals surface area contributed by atoms with Gasteiger partial charge in [0, 0.05) is 22.8 Å². The monoisotopic (exact) mass is 278 g/mol. The van der Waals surface area contributed by atoms with Crippen LogP contribution in [0.15, 0.2) is 28.9 Å². The Morgan fingerprint density at radius 1 is 1.37 bits per heavy atom. The second kappa shape index (κ2) is 6.89. The lowest BCUT2D eigenvalue weighted by Gasteiger charge is -2.18. The van der Waals surface area contributed by atoms with Crippen molar-refractivity contribution in [2.75, 3.05) is 13.6 Å². The van der Waals surface area contributed by atoms with Gasteiger partial charge in [-0.1, -0.05) is 6.92 Å². The Morgan fingerprint density at radius 3 is 2.84 bits per heavy atom. The maximum absolute atomic E-state index is 5.43. The summed E-state index contributed by atoms with van der Waals surface area (Å²) >= 11 is 1.89. The van der Waals surface area contributed by atoms with Crippen LogP contribution < -0.4 is 5.32 Å². The molecule has 0 atom stereocenters. The normalized spacial score (nSPS) is 11.4. The van der Waals surface area contributed by atoms with Crippen LogP contribution in [0.2, 0.25) is 0 Å². The minimum atomic E-state index is 0.875. The van der Waals surface area contributed by atoms with Crippen molar-refractivity contribution in [3.05, 3.63) is 45.5 Å². The SMILES string of the molecule is CCN(Cc1ccco1)Cc1cc(CNC)sc1C. The Morgan fingerprint density at radius 2 is 2.21 bits per heavy atom. The second-order valence-electron chi connectivity index (χ2n) is 4.71. The van der Waals surface area contributed by atoms with E-state index in [2.05, 4.69) is 30.1 Å². The number of rotatable bonds is 7. The van der Waals surface area contributed by atoms with E-state index in [1.807, 2.05) is 30.5 Å². The fourth-order valence-electron chi connectivity index (χ4n) is 2.15. The summed E-state index contributed by atoms with van der Waals surface area (Å²) in [7, 11) is 1.99. The number of nitrogens with one attached hydrogen (secondary N) is 1.